The molecule has 5 heteroatoms. The smallest absolute Gasteiger partial charge is 0.147 e. The van der Waals surface area contributed by atoms with Gasteiger partial charge < -0.3 is 10.5 Å². The second-order valence-corrected chi connectivity index (χ2v) is 4.82. The van der Waals surface area contributed by atoms with Crippen LogP contribution in [0.1, 0.15) is 5.56 Å². The zero-order chi connectivity index (χ0) is 13.1. The van der Waals surface area contributed by atoms with Crippen LogP contribution in [0.3, 0.4) is 0 Å². The van der Waals surface area contributed by atoms with Crippen molar-refractivity contribution in [3.8, 4) is 11.5 Å². The van der Waals surface area contributed by atoms with Gasteiger partial charge >= 0.3 is 0 Å². The van der Waals surface area contributed by atoms with Gasteiger partial charge in [-0.15, -0.1) is 0 Å². The largest absolute Gasteiger partial charge is 0.454 e. The Labute approximate surface area is 120 Å². The highest BCUT2D eigenvalue weighted by Crippen LogP contribution is 2.37. The molecule has 2 rings (SSSR count). The summed E-state index contributed by atoms with van der Waals surface area (Å²) in [6.45, 7) is 0.428. The lowest BCUT2D eigenvalue weighted by atomic mass is 10.2. The molecule has 0 aliphatic rings. The molecule has 0 atom stereocenters. The van der Waals surface area contributed by atoms with Gasteiger partial charge in [-0.1, -0.05) is 46.9 Å². The van der Waals surface area contributed by atoms with Gasteiger partial charge in [-0.25, -0.2) is 0 Å². The Bertz CT molecular complexity index is 572. The first-order valence-corrected chi connectivity index (χ1v) is 6.35. The fourth-order valence-electron chi connectivity index (χ4n) is 1.44. The molecule has 0 bridgehead atoms. The molecule has 94 valence electrons. The summed E-state index contributed by atoms with van der Waals surface area (Å²) in [6.07, 6.45) is 0. The van der Waals surface area contributed by atoms with Gasteiger partial charge in [0.15, 0.2) is 0 Å². The summed E-state index contributed by atoms with van der Waals surface area (Å²) < 4.78 is 5.63. The van der Waals surface area contributed by atoms with Crippen molar-refractivity contribution in [2.24, 2.45) is 5.73 Å². The molecule has 0 saturated heterocycles. The van der Waals surface area contributed by atoms with Crippen molar-refractivity contribution < 1.29 is 4.74 Å². The summed E-state index contributed by atoms with van der Waals surface area (Å²) in [5, 5.41) is 1.27. The molecular formula is C13H10Cl3NO. The summed E-state index contributed by atoms with van der Waals surface area (Å²) in [5.74, 6) is 0.976. The van der Waals surface area contributed by atoms with E-state index in [1.54, 1.807) is 30.3 Å². The SMILES string of the molecule is NCc1ccc(Oc2cccc(Cl)c2Cl)c(Cl)c1. The van der Waals surface area contributed by atoms with Gasteiger partial charge in [-0.2, -0.15) is 0 Å². The third kappa shape index (κ3) is 2.90. The van der Waals surface area contributed by atoms with Crippen LogP contribution in [-0.2, 0) is 6.54 Å². The predicted octanol–water partition coefficient (Wildman–Crippen LogP) is 4.90. The average Bonchev–Trinajstić information content (AvgIpc) is 2.37. The third-order valence-electron chi connectivity index (χ3n) is 2.37. The number of nitrogens with two attached hydrogens (primary N) is 1. The minimum Gasteiger partial charge on any atom is -0.454 e. The summed E-state index contributed by atoms with van der Waals surface area (Å²) in [5.41, 5.74) is 6.46. The quantitative estimate of drug-likeness (QED) is 0.875. The van der Waals surface area contributed by atoms with E-state index in [-0.39, 0.29) is 0 Å². The van der Waals surface area contributed by atoms with Crippen LogP contribution in [-0.4, -0.2) is 0 Å². The average molecular weight is 303 g/mol. The van der Waals surface area contributed by atoms with Crippen LogP contribution >= 0.6 is 34.8 Å². The molecule has 0 spiro atoms. The van der Waals surface area contributed by atoms with Gasteiger partial charge in [0.05, 0.1) is 10.0 Å². The summed E-state index contributed by atoms with van der Waals surface area (Å²) >= 11 is 18.0. The highest BCUT2D eigenvalue weighted by Gasteiger charge is 2.09. The van der Waals surface area contributed by atoms with Crippen molar-refractivity contribution >= 4 is 34.8 Å². The number of benzene rings is 2. The van der Waals surface area contributed by atoms with Gasteiger partial charge in [-0.05, 0) is 29.8 Å². The van der Waals surface area contributed by atoms with E-state index >= 15 is 0 Å². The number of hydrogen-bond donors (Lipinski definition) is 1. The zero-order valence-corrected chi connectivity index (χ0v) is 11.6. The van der Waals surface area contributed by atoms with Crippen molar-refractivity contribution in [1.29, 1.82) is 0 Å². The Morgan fingerprint density at radius 3 is 2.39 bits per heavy atom. The van der Waals surface area contributed by atoms with E-state index in [9.17, 15) is 0 Å². The van der Waals surface area contributed by atoms with E-state index in [4.69, 9.17) is 45.3 Å². The van der Waals surface area contributed by atoms with Crippen molar-refractivity contribution in [3.63, 3.8) is 0 Å². The van der Waals surface area contributed by atoms with Crippen LogP contribution in [0.15, 0.2) is 36.4 Å². The molecule has 0 amide bonds. The lowest BCUT2D eigenvalue weighted by Crippen LogP contribution is -1.96. The van der Waals surface area contributed by atoms with Crippen molar-refractivity contribution in [2.45, 2.75) is 6.54 Å². The molecule has 2 aromatic rings. The van der Waals surface area contributed by atoms with Crippen molar-refractivity contribution in [2.75, 3.05) is 0 Å². The summed E-state index contributed by atoms with van der Waals surface area (Å²) in [4.78, 5) is 0. The molecule has 0 aliphatic carbocycles. The van der Waals surface area contributed by atoms with Crippen LogP contribution in [0.4, 0.5) is 0 Å². The molecule has 18 heavy (non-hydrogen) atoms. The summed E-state index contributed by atoms with van der Waals surface area (Å²) in [7, 11) is 0. The van der Waals surface area contributed by atoms with Crippen molar-refractivity contribution in [1.82, 2.24) is 0 Å². The van der Waals surface area contributed by atoms with Gasteiger partial charge in [0.1, 0.15) is 16.5 Å². The Balaban J connectivity index is 2.31. The number of hydrogen-bond acceptors (Lipinski definition) is 2. The molecule has 0 radical (unpaired) electrons. The second kappa shape index (κ2) is 5.81. The number of rotatable bonds is 3. The van der Waals surface area contributed by atoms with E-state index in [2.05, 4.69) is 0 Å². The van der Waals surface area contributed by atoms with Crippen LogP contribution in [0.25, 0.3) is 0 Å². The van der Waals surface area contributed by atoms with E-state index in [0.717, 1.165) is 5.56 Å². The van der Waals surface area contributed by atoms with Gasteiger partial charge in [-0.3, -0.25) is 0 Å². The highest BCUT2D eigenvalue weighted by atomic mass is 35.5. The maximum Gasteiger partial charge on any atom is 0.147 e. The standard InChI is InChI=1S/C13H10Cl3NO/c14-9-2-1-3-12(13(9)16)18-11-5-4-8(7-17)6-10(11)15/h1-6H,7,17H2. The van der Waals surface area contributed by atoms with Gasteiger partial charge in [0.25, 0.3) is 0 Å². The first-order chi connectivity index (χ1) is 8.61. The Kier molecular flexibility index (Phi) is 4.36. The first-order valence-electron chi connectivity index (χ1n) is 5.22. The van der Waals surface area contributed by atoms with E-state index in [0.29, 0.717) is 33.1 Å². The molecule has 0 aromatic heterocycles. The molecule has 2 aromatic carbocycles. The number of ether oxygens (including phenoxy) is 1. The minimum atomic E-state index is 0.359. The Morgan fingerprint density at radius 1 is 0.944 bits per heavy atom. The van der Waals surface area contributed by atoms with Gasteiger partial charge in [0, 0.05) is 6.54 Å². The Morgan fingerprint density at radius 2 is 1.72 bits per heavy atom. The topological polar surface area (TPSA) is 35.2 Å². The van der Waals surface area contributed by atoms with E-state index in [1.807, 2.05) is 6.07 Å². The van der Waals surface area contributed by atoms with E-state index in [1.165, 1.54) is 0 Å². The maximum absolute atomic E-state index is 6.09. The van der Waals surface area contributed by atoms with Crippen LogP contribution in [0.2, 0.25) is 15.1 Å². The van der Waals surface area contributed by atoms with Gasteiger partial charge in [0.2, 0.25) is 0 Å². The molecule has 2 nitrogen and oxygen atoms in total. The third-order valence-corrected chi connectivity index (χ3v) is 3.47. The van der Waals surface area contributed by atoms with Crippen LogP contribution in [0.5, 0.6) is 11.5 Å². The zero-order valence-electron chi connectivity index (χ0n) is 9.29. The first kappa shape index (κ1) is 13.5. The molecule has 0 heterocycles. The molecule has 2 N–H and O–H groups in total. The molecule has 0 fully saturated rings. The minimum absolute atomic E-state index is 0.359. The van der Waals surface area contributed by atoms with E-state index < -0.39 is 0 Å². The monoisotopic (exact) mass is 301 g/mol. The summed E-state index contributed by atoms with van der Waals surface area (Å²) in [6, 6.07) is 10.5. The van der Waals surface area contributed by atoms with Crippen molar-refractivity contribution in [3.05, 3.63) is 57.0 Å². The predicted molar refractivity (Wildman–Crippen MR) is 75.9 cm³/mol. The normalized spacial score (nSPS) is 10.4. The lowest BCUT2D eigenvalue weighted by Gasteiger charge is -2.10. The lowest BCUT2D eigenvalue weighted by molar-refractivity contribution is 0.483. The fraction of sp³-hybridized carbons (Fsp3) is 0.0769. The van der Waals surface area contributed by atoms with Crippen LogP contribution < -0.4 is 10.5 Å². The molecular weight excluding hydrogens is 293 g/mol. The molecule has 0 aliphatic heterocycles. The molecule has 0 saturated carbocycles. The molecule has 0 unspecified atom stereocenters. The second-order valence-electron chi connectivity index (χ2n) is 3.62. The highest BCUT2D eigenvalue weighted by molar-refractivity contribution is 6.43. The Hall–Kier alpha value is -0.930. The van der Waals surface area contributed by atoms with Crippen LogP contribution in [0, 0.1) is 0 Å². The fourth-order valence-corrected chi connectivity index (χ4v) is 2.01. The maximum atomic E-state index is 6.09. The number of halogens is 3.